The van der Waals surface area contributed by atoms with Crippen molar-refractivity contribution in [3.63, 3.8) is 0 Å². The number of carboxylic acid groups (broad SMARTS) is 1. The average Bonchev–Trinajstić information content (AvgIpc) is 3.00. The van der Waals surface area contributed by atoms with Crippen LogP contribution in [0.15, 0.2) is 90.1 Å². The Hall–Kier alpha value is -4.88. The summed E-state index contributed by atoms with van der Waals surface area (Å²) in [5.74, 6) is -0.990. The van der Waals surface area contributed by atoms with Crippen molar-refractivity contribution in [2.75, 3.05) is 18.1 Å². The van der Waals surface area contributed by atoms with Crippen molar-refractivity contribution in [1.29, 1.82) is 0 Å². The first-order valence-electron chi connectivity index (χ1n) is 14.1. The fourth-order valence-corrected chi connectivity index (χ4v) is 5.99. The molecule has 0 radical (unpaired) electrons. The molecular weight excluding hydrogens is 598 g/mol. The van der Waals surface area contributed by atoms with E-state index >= 15 is 0 Å². The minimum atomic E-state index is -4.42. The normalized spacial score (nSPS) is 13.0. The second-order valence-corrected chi connectivity index (χ2v) is 13.2. The molecule has 0 saturated heterocycles. The standard InChI is InChI=1S/C32H35N5O7S/c1-5-43-27-13-8-10-24(35-27)23-17-15-22(16-18-23)20-32(33,45(41,42)28-14-6-7-19-34-28)25-11-9-12-26(36-25)37(21-29(38)39)30(40)44-31(2,3)4/h6-19H,5,20-21,33H2,1-4H3,(H,38,39). The van der Waals surface area contributed by atoms with Gasteiger partial charge in [0.15, 0.2) is 9.90 Å². The van der Waals surface area contributed by atoms with Gasteiger partial charge in [-0.05, 0) is 63.6 Å². The van der Waals surface area contributed by atoms with E-state index in [1.54, 1.807) is 57.2 Å². The summed E-state index contributed by atoms with van der Waals surface area (Å²) in [6, 6.07) is 21.2. The van der Waals surface area contributed by atoms with Gasteiger partial charge in [0, 0.05) is 24.2 Å². The molecule has 13 heteroatoms. The monoisotopic (exact) mass is 633 g/mol. The quantitative estimate of drug-likeness (QED) is 0.236. The lowest BCUT2D eigenvalue weighted by atomic mass is 10.0. The number of rotatable bonds is 11. The lowest BCUT2D eigenvalue weighted by molar-refractivity contribution is -0.135. The Balaban J connectivity index is 1.79. The molecule has 0 bridgehead atoms. The first-order valence-corrected chi connectivity index (χ1v) is 15.6. The molecule has 0 aliphatic rings. The van der Waals surface area contributed by atoms with Crippen LogP contribution in [-0.2, 0) is 30.7 Å². The number of aromatic nitrogens is 3. The van der Waals surface area contributed by atoms with Crippen molar-refractivity contribution in [3.8, 4) is 17.1 Å². The number of sulfone groups is 1. The topological polar surface area (TPSA) is 175 Å². The van der Waals surface area contributed by atoms with Crippen molar-refractivity contribution >= 4 is 27.7 Å². The molecule has 0 spiro atoms. The molecular formula is C32H35N5O7S. The summed E-state index contributed by atoms with van der Waals surface area (Å²) >= 11 is 0. The molecule has 4 rings (SSSR count). The van der Waals surface area contributed by atoms with E-state index in [1.165, 1.54) is 36.5 Å². The van der Waals surface area contributed by atoms with E-state index in [1.807, 2.05) is 19.1 Å². The maximum absolute atomic E-state index is 14.2. The number of pyridine rings is 3. The molecule has 0 saturated carbocycles. The number of carbonyl (C=O) groups is 2. The Kier molecular flexibility index (Phi) is 9.84. The zero-order valence-corrected chi connectivity index (χ0v) is 26.2. The molecule has 12 nitrogen and oxygen atoms in total. The highest BCUT2D eigenvalue weighted by molar-refractivity contribution is 7.92. The number of aliphatic carboxylic acids is 1. The SMILES string of the molecule is CCOc1cccc(-c2ccc(CC(N)(c3cccc(N(CC(=O)O)C(=O)OC(C)(C)C)n3)S(=O)(=O)c3ccccn3)cc2)n1. The Morgan fingerprint density at radius 1 is 0.933 bits per heavy atom. The van der Waals surface area contributed by atoms with Gasteiger partial charge in [0.25, 0.3) is 0 Å². The van der Waals surface area contributed by atoms with Gasteiger partial charge in [0.05, 0.1) is 18.0 Å². The summed E-state index contributed by atoms with van der Waals surface area (Å²) in [6.45, 7) is 6.46. The average molecular weight is 634 g/mol. The number of carbonyl (C=O) groups excluding carboxylic acids is 1. The Morgan fingerprint density at radius 2 is 1.64 bits per heavy atom. The minimum absolute atomic E-state index is 0.125. The van der Waals surface area contributed by atoms with Crippen molar-refractivity contribution in [2.45, 2.75) is 49.6 Å². The number of benzene rings is 1. The zero-order valence-electron chi connectivity index (χ0n) is 25.4. The number of anilines is 1. The molecule has 1 unspecified atom stereocenters. The fourth-order valence-electron chi connectivity index (χ4n) is 4.42. The van der Waals surface area contributed by atoms with Crippen LogP contribution in [0, 0.1) is 0 Å². The smallest absolute Gasteiger partial charge is 0.416 e. The highest BCUT2D eigenvalue weighted by Gasteiger charge is 2.45. The van der Waals surface area contributed by atoms with E-state index in [9.17, 15) is 23.1 Å². The second-order valence-electron chi connectivity index (χ2n) is 11.1. The van der Waals surface area contributed by atoms with Gasteiger partial charge in [-0.1, -0.05) is 42.5 Å². The van der Waals surface area contributed by atoms with E-state index in [-0.39, 0.29) is 23.0 Å². The molecule has 3 heterocycles. The van der Waals surface area contributed by atoms with Gasteiger partial charge in [-0.25, -0.2) is 28.2 Å². The van der Waals surface area contributed by atoms with Crippen molar-refractivity contribution < 1.29 is 32.6 Å². The van der Waals surface area contributed by atoms with Gasteiger partial charge >= 0.3 is 12.1 Å². The van der Waals surface area contributed by atoms with Crippen LogP contribution in [0.25, 0.3) is 11.3 Å². The number of nitrogens with zero attached hydrogens (tertiary/aromatic N) is 4. The lowest BCUT2D eigenvalue weighted by Gasteiger charge is -2.30. The highest BCUT2D eigenvalue weighted by atomic mass is 32.2. The molecule has 236 valence electrons. The predicted octanol–water partition coefficient (Wildman–Crippen LogP) is 4.59. The first kappa shape index (κ1) is 33.0. The van der Waals surface area contributed by atoms with Gasteiger partial charge in [0.1, 0.15) is 18.0 Å². The molecule has 1 aromatic carbocycles. The number of hydrogen-bond donors (Lipinski definition) is 2. The van der Waals surface area contributed by atoms with Crippen LogP contribution in [0.3, 0.4) is 0 Å². The number of hydrogen-bond acceptors (Lipinski definition) is 10. The molecule has 1 amide bonds. The van der Waals surface area contributed by atoms with E-state index in [0.29, 0.717) is 23.7 Å². The van der Waals surface area contributed by atoms with E-state index in [2.05, 4.69) is 15.0 Å². The van der Waals surface area contributed by atoms with Crippen molar-refractivity contribution in [2.24, 2.45) is 5.73 Å². The third-order valence-electron chi connectivity index (χ3n) is 6.48. The molecule has 3 N–H and O–H groups in total. The summed E-state index contributed by atoms with van der Waals surface area (Å²) in [7, 11) is -4.42. The van der Waals surface area contributed by atoms with Gasteiger partial charge in [0.2, 0.25) is 15.7 Å². The van der Waals surface area contributed by atoms with Crippen molar-refractivity contribution in [1.82, 2.24) is 15.0 Å². The minimum Gasteiger partial charge on any atom is -0.480 e. The van der Waals surface area contributed by atoms with Gasteiger partial charge in [-0.2, -0.15) is 0 Å². The molecule has 0 aliphatic carbocycles. The number of ether oxygens (including phenoxy) is 2. The van der Waals surface area contributed by atoms with E-state index in [0.717, 1.165) is 10.5 Å². The van der Waals surface area contributed by atoms with Crippen LogP contribution in [-0.4, -0.2) is 59.3 Å². The summed E-state index contributed by atoms with van der Waals surface area (Å²) < 4.78 is 39.2. The van der Waals surface area contributed by atoms with Gasteiger partial charge in [-0.3, -0.25) is 9.69 Å². The molecule has 0 fully saturated rings. The largest absolute Gasteiger partial charge is 0.480 e. The highest BCUT2D eigenvalue weighted by Crippen LogP contribution is 2.34. The Bertz CT molecular complexity index is 1760. The van der Waals surface area contributed by atoms with Gasteiger partial charge in [-0.15, -0.1) is 0 Å². The van der Waals surface area contributed by atoms with E-state index in [4.69, 9.17) is 15.2 Å². The van der Waals surface area contributed by atoms with Gasteiger partial charge < -0.3 is 20.3 Å². The first-order chi connectivity index (χ1) is 21.2. The second kappa shape index (κ2) is 13.4. The summed E-state index contributed by atoms with van der Waals surface area (Å²) in [5.41, 5.74) is 7.79. The summed E-state index contributed by atoms with van der Waals surface area (Å²) in [6.07, 6.45) is 0.134. The maximum atomic E-state index is 14.2. The van der Waals surface area contributed by atoms with E-state index < -0.39 is 38.9 Å². The summed E-state index contributed by atoms with van der Waals surface area (Å²) in [4.78, 5) is 36.3. The molecule has 0 aliphatic heterocycles. The zero-order chi connectivity index (χ0) is 32.8. The number of amides is 1. The maximum Gasteiger partial charge on any atom is 0.416 e. The molecule has 3 aromatic heterocycles. The van der Waals surface area contributed by atoms with Crippen LogP contribution >= 0.6 is 0 Å². The molecule has 4 aromatic rings. The van der Waals surface area contributed by atoms with Crippen LogP contribution in [0.4, 0.5) is 10.6 Å². The molecule has 1 atom stereocenters. The lowest BCUT2D eigenvalue weighted by Crippen LogP contribution is -2.48. The van der Waals surface area contributed by atoms with Crippen LogP contribution in [0.1, 0.15) is 39.0 Å². The van der Waals surface area contributed by atoms with Crippen molar-refractivity contribution in [3.05, 3.63) is 96.3 Å². The predicted molar refractivity (Wildman–Crippen MR) is 167 cm³/mol. The third kappa shape index (κ3) is 7.80. The van der Waals surface area contributed by atoms with Crippen LogP contribution in [0.2, 0.25) is 0 Å². The van der Waals surface area contributed by atoms with Crippen LogP contribution < -0.4 is 15.4 Å². The van der Waals surface area contributed by atoms with Crippen LogP contribution in [0.5, 0.6) is 5.88 Å². The number of carboxylic acids is 1. The Labute approximate surface area is 261 Å². The number of nitrogens with two attached hydrogens (primary N) is 1. The fraction of sp³-hybridized carbons (Fsp3) is 0.281. The molecule has 45 heavy (non-hydrogen) atoms. The Morgan fingerprint density at radius 3 is 2.27 bits per heavy atom. The summed E-state index contributed by atoms with van der Waals surface area (Å²) in [5, 5.41) is 9.25. The third-order valence-corrected chi connectivity index (χ3v) is 8.58.